The van der Waals surface area contributed by atoms with Crippen molar-refractivity contribution in [2.45, 2.75) is 52.6 Å². The highest BCUT2D eigenvalue weighted by Gasteiger charge is 2.34. The van der Waals surface area contributed by atoms with E-state index in [2.05, 4.69) is 21.5 Å². The molecule has 8 nitrogen and oxygen atoms in total. The Morgan fingerprint density at radius 2 is 1.83 bits per heavy atom. The number of hydrogen-bond donors (Lipinski definition) is 0. The minimum atomic E-state index is -0.801. The second-order valence-electron chi connectivity index (χ2n) is 10.9. The van der Waals surface area contributed by atoms with Gasteiger partial charge >= 0.3 is 5.69 Å². The van der Waals surface area contributed by atoms with Gasteiger partial charge in [-0.2, -0.15) is 4.98 Å². The van der Waals surface area contributed by atoms with Crippen LogP contribution in [0.2, 0.25) is 5.02 Å². The Kier molecular flexibility index (Phi) is 7.85. The van der Waals surface area contributed by atoms with Crippen molar-refractivity contribution < 1.29 is 13.6 Å². The van der Waals surface area contributed by atoms with Crippen molar-refractivity contribution in [3.8, 4) is 16.9 Å². The summed E-state index contributed by atoms with van der Waals surface area (Å²) in [6.45, 7) is 13.8. The lowest BCUT2D eigenvalue weighted by Gasteiger charge is -2.44. The summed E-state index contributed by atoms with van der Waals surface area (Å²) in [5.74, 6) is -1.54. The lowest BCUT2D eigenvalue weighted by molar-refractivity contribution is -0.128. The zero-order chi connectivity index (χ0) is 30.5. The third-order valence-corrected chi connectivity index (χ3v) is 7.86. The van der Waals surface area contributed by atoms with Crippen LogP contribution >= 0.6 is 11.6 Å². The molecule has 218 valence electrons. The maximum atomic E-state index is 15.9. The number of carbonyl (C=O) groups is 1. The monoisotopic (exact) mass is 592 g/mol. The molecule has 1 amide bonds. The third-order valence-electron chi connectivity index (χ3n) is 7.63. The molecule has 5 rings (SSSR count). The normalized spacial score (nSPS) is 17.3. The fourth-order valence-electron chi connectivity index (χ4n) is 5.52. The second kappa shape index (κ2) is 11.2. The van der Waals surface area contributed by atoms with E-state index in [0.29, 0.717) is 24.5 Å². The van der Waals surface area contributed by atoms with Gasteiger partial charge in [-0.1, -0.05) is 32.0 Å². The van der Waals surface area contributed by atoms with Gasteiger partial charge in [-0.3, -0.25) is 9.78 Å². The molecule has 0 radical (unpaired) electrons. The summed E-state index contributed by atoms with van der Waals surface area (Å²) in [5, 5.41) is 0.472. The highest BCUT2D eigenvalue weighted by molar-refractivity contribution is 6.30. The van der Waals surface area contributed by atoms with E-state index < -0.39 is 17.3 Å². The van der Waals surface area contributed by atoms with E-state index in [0.717, 1.165) is 11.6 Å². The number of aryl methyl sites for hydroxylation is 1. The summed E-state index contributed by atoms with van der Waals surface area (Å²) in [6.07, 6.45) is 2.93. The predicted molar refractivity (Wildman–Crippen MR) is 160 cm³/mol. The zero-order valence-electron chi connectivity index (χ0n) is 24.0. The molecule has 4 aromatic rings. The molecule has 0 spiro atoms. The molecule has 1 aliphatic rings. The molecule has 1 fully saturated rings. The SMILES string of the molecule is C=CC(=O)N1C[C@H](C)N(c2nc(=O)n(-c3c(C)ccnc3C(C)C)c3nc(-c4cc(Cl)ccc4F)c(F)cc23)C[C@H]1C. The molecule has 42 heavy (non-hydrogen) atoms. The minimum Gasteiger partial charge on any atom is -0.349 e. The van der Waals surface area contributed by atoms with Gasteiger partial charge in [0.25, 0.3) is 0 Å². The second-order valence-corrected chi connectivity index (χ2v) is 11.4. The molecule has 1 aliphatic heterocycles. The molecule has 0 aliphatic carbocycles. The predicted octanol–water partition coefficient (Wildman–Crippen LogP) is 5.82. The van der Waals surface area contributed by atoms with Crippen molar-refractivity contribution in [1.29, 1.82) is 0 Å². The lowest BCUT2D eigenvalue weighted by atomic mass is 10.0. The van der Waals surface area contributed by atoms with Gasteiger partial charge in [0.05, 0.1) is 16.8 Å². The average molecular weight is 593 g/mol. The van der Waals surface area contributed by atoms with E-state index in [9.17, 15) is 14.0 Å². The standard InChI is InChI=1S/C31H31ClF2N6O2/c1-7-25(41)38-14-19(6)39(15-18(38)5)29-22-13-24(34)27(21-12-20(32)8-9-23(21)33)36-30(22)40(31(42)37-29)28-17(4)10-11-35-26(28)16(2)3/h7-13,16,18-19H,1,14-15H2,2-6H3/t18-,19+/m1/s1. The Balaban J connectivity index is 1.84. The topological polar surface area (TPSA) is 84.2 Å². The van der Waals surface area contributed by atoms with Gasteiger partial charge in [0.15, 0.2) is 5.65 Å². The van der Waals surface area contributed by atoms with Crippen molar-refractivity contribution in [3.05, 3.63) is 87.6 Å². The number of benzene rings is 1. The van der Waals surface area contributed by atoms with Crippen LogP contribution in [0.4, 0.5) is 14.6 Å². The molecule has 0 bridgehead atoms. The first-order chi connectivity index (χ1) is 19.9. The van der Waals surface area contributed by atoms with E-state index in [1.165, 1.54) is 28.8 Å². The number of pyridine rings is 2. The molecular formula is C31H31ClF2N6O2. The number of rotatable bonds is 5. The van der Waals surface area contributed by atoms with Crippen LogP contribution in [0, 0.1) is 18.6 Å². The first-order valence-corrected chi connectivity index (χ1v) is 14.0. The van der Waals surface area contributed by atoms with Gasteiger partial charge in [-0.25, -0.2) is 23.1 Å². The molecule has 0 N–H and O–H groups in total. The van der Waals surface area contributed by atoms with Gasteiger partial charge in [-0.05, 0) is 68.7 Å². The van der Waals surface area contributed by atoms with E-state index in [1.54, 1.807) is 17.2 Å². The van der Waals surface area contributed by atoms with Crippen LogP contribution in [0.25, 0.3) is 28.0 Å². The van der Waals surface area contributed by atoms with Crippen molar-refractivity contribution in [1.82, 2.24) is 24.4 Å². The first kappa shape index (κ1) is 29.3. The smallest absolute Gasteiger partial charge is 0.349 e. The van der Waals surface area contributed by atoms with Crippen LogP contribution in [-0.2, 0) is 4.79 Å². The first-order valence-electron chi connectivity index (χ1n) is 13.7. The number of hydrogen-bond acceptors (Lipinski definition) is 6. The summed E-state index contributed by atoms with van der Waals surface area (Å²) < 4.78 is 32.2. The Labute approximate surface area is 247 Å². The van der Waals surface area contributed by atoms with E-state index in [-0.39, 0.29) is 57.0 Å². The molecule has 0 saturated carbocycles. The van der Waals surface area contributed by atoms with Crippen molar-refractivity contribution in [2.24, 2.45) is 0 Å². The summed E-state index contributed by atoms with van der Waals surface area (Å²) in [7, 11) is 0. The number of anilines is 1. The van der Waals surface area contributed by atoms with Crippen LogP contribution in [-0.4, -0.2) is 55.5 Å². The minimum absolute atomic E-state index is 0.0665. The van der Waals surface area contributed by atoms with Gasteiger partial charge in [0, 0.05) is 42.0 Å². The van der Waals surface area contributed by atoms with Gasteiger partial charge in [0.1, 0.15) is 23.1 Å². The number of fused-ring (bicyclic) bond motifs is 1. The van der Waals surface area contributed by atoms with Gasteiger partial charge in [-0.15, -0.1) is 0 Å². The summed E-state index contributed by atoms with van der Waals surface area (Å²) >= 11 is 6.14. The van der Waals surface area contributed by atoms with E-state index in [4.69, 9.17) is 11.6 Å². The molecule has 0 unspecified atom stereocenters. The van der Waals surface area contributed by atoms with Crippen molar-refractivity contribution in [3.63, 3.8) is 0 Å². The van der Waals surface area contributed by atoms with E-state index >= 15 is 4.39 Å². The van der Waals surface area contributed by atoms with Crippen LogP contribution in [0.15, 0.2) is 54.0 Å². The lowest BCUT2D eigenvalue weighted by Crippen LogP contribution is -2.58. The number of aromatic nitrogens is 4. The molecule has 11 heteroatoms. The number of amides is 1. The number of nitrogens with zero attached hydrogens (tertiary/aromatic N) is 6. The molecule has 2 atom stereocenters. The Hall–Kier alpha value is -4.18. The summed E-state index contributed by atoms with van der Waals surface area (Å²) in [4.78, 5) is 43.6. The molecule has 4 heterocycles. The van der Waals surface area contributed by atoms with Crippen LogP contribution < -0.4 is 10.6 Å². The largest absolute Gasteiger partial charge is 0.355 e. The Morgan fingerprint density at radius 3 is 2.52 bits per heavy atom. The molecular weight excluding hydrogens is 562 g/mol. The summed E-state index contributed by atoms with van der Waals surface area (Å²) in [5.41, 5.74) is 0.897. The van der Waals surface area contributed by atoms with Crippen molar-refractivity contribution >= 4 is 34.4 Å². The Bertz CT molecular complexity index is 1790. The quantitative estimate of drug-likeness (QED) is 0.272. The van der Waals surface area contributed by atoms with Gasteiger partial charge in [0.2, 0.25) is 5.91 Å². The maximum Gasteiger partial charge on any atom is 0.355 e. The molecule has 1 saturated heterocycles. The van der Waals surface area contributed by atoms with Crippen molar-refractivity contribution in [2.75, 3.05) is 18.0 Å². The number of carbonyl (C=O) groups excluding carboxylic acids is 1. The van der Waals surface area contributed by atoms with Gasteiger partial charge < -0.3 is 9.80 Å². The highest BCUT2D eigenvalue weighted by Crippen LogP contribution is 2.35. The van der Waals surface area contributed by atoms with Crippen LogP contribution in [0.3, 0.4) is 0 Å². The van der Waals surface area contributed by atoms with Crippen LogP contribution in [0.5, 0.6) is 0 Å². The molecule has 3 aromatic heterocycles. The van der Waals surface area contributed by atoms with E-state index in [1.807, 2.05) is 39.5 Å². The number of piperazine rings is 1. The fourth-order valence-corrected chi connectivity index (χ4v) is 5.70. The Morgan fingerprint density at radius 1 is 1.10 bits per heavy atom. The third kappa shape index (κ3) is 5.04. The highest BCUT2D eigenvalue weighted by atomic mass is 35.5. The maximum absolute atomic E-state index is 15.9. The fraction of sp³-hybridized carbons (Fsp3) is 0.323. The van der Waals surface area contributed by atoms with Crippen LogP contribution in [0.1, 0.15) is 44.9 Å². The number of halogens is 3. The average Bonchev–Trinajstić information content (AvgIpc) is 2.95. The summed E-state index contributed by atoms with van der Waals surface area (Å²) in [6, 6.07) is 6.30. The zero-order valence-corrected chi connectivity index (χ0v) is 24.8. The molecule has 1 aromatic carbocycles.